The van der Waals surface area contributed by atoms with E-state index in [1.165, 1.54) is 32.1 Å². The third kappa shape index (κ3) is 1.91. The van der Waals surface area contributed by atoms with Crippen LogP contribution in [0.15, 0.2) is 0 Å². The number of hydrogen-bond acceptors (Lipinski definition) is 1. The molecule has 3 unspecified atom stereocenters. The van der Waals surface area contributed by atoms with E-state index in [0.717, 1.165) is 36.5 Å². The van der Waals surface area contributed by atoms with Crippen LogP contribution in [0.3, 0.4) is 0 Å². The lowest BCUT2D eigenvalue weighted by Gasteiger charge is -2.46. The average molecular weight is 264 g/mol. The van der Waals surface area contributed by atoms with Gasteiger partial charge in [-0.2, -0.15) is 0 Å². The maximum atomic E-state index is 10.2. The molecule has 1 nitrogen and oxygen atoms in total. The topological polar surface area (TPSA) is 20.2 Å². The van der Waals surface area contributed by atoms with Gasteiger partial charge in [-0.05, 0) is 73.0 Å². The van der Waals surface area contributed by atoms with Gasteiger partial charge in [0.05, 0.1) is 6.10 Å². The fourth-order valence-corrected chi connectivity index (χ4v) is 6.09. The molecule has 1 heteroatoms. The van der Waals surface area contributed by atoms with Crippen molar-refractivity contribution in [2.24, 2.45) is 34.5 Å². The smallest absolute Gasteiger partial charge is 0.0545 e. The molecule has 3 rings (SSSR count). The molecule has 1 N–H and O–H groups in total. The molecule has 0 saturated heterocycles. The molecular weight excluding hydrogens is 232 g/mol. The van der Waals surface area contributed by atoms with Crippen LogP contribution in [-0.2, 0) is 0 Å². The molecule has 6 atom stereocenters. The Balaban J connectivity index is 1.80. The summed E-state index contributed by atoms with van der Waals surface area (Å²) in [4.78, 5) is 0. The Morgan fingerprint density at radius 1 is 1.05 bits per heavy atom. The molecule has 0 spiro atoms. The molecule has 0 amide bonds. The van der Waals surface area contributed by atoms with Crippen molar-refractivity contribution in [2.45, 2.75) is 78.7 Å². The molecule has 3 saturated carbocycles. The molecule has 0 aromatic carbocycles. The second-order valence-corrected chi connectivity index (χ2v) is 8.61. The number of aliphatic hydroxyl groups is 1. The summed E-state index contributed by atoms with van der Waals surface area (Å²) in [6, 6.07) is 0. The SMILES string of the molecule is CCC1CC(O)CC([C@@H]2C[C@H]3CC[C@]2(C)C3(C)C)C1. The third-order valence-electron chi connectivity index (χ3n) is 7.82. The Labute approximate surface area is 119 Å². The average Bonchev–Trinajstić information content (AvgIpc) is 2.70. The molecule has 0 aliphatic heterocycles. The van der Waals surface area contributed by atoms with Crippen molar-refractivity contribution in [3.05, 3.63) is 0 Å². The Bertz CT molecular complexity index is 348. The maximum absolute atomic E-state index is 10.2. The molecule has 0 heterocycles. The normalized spacial score (nSPS) is 52.6. The van der Waals surface area contributed by atoms with Gasteiger partial charge in [0.25, 0.3) is 0 Å². The van der Waals surface area contributed by atoms with Crippen LogP contribution in [0.2, 0.25) is 0 Å². The molecule has 3 aliphatic rings. The van der Waals surface area contributed by atoms with E-state index in [1.54, 1.807) is 0 Å². The van der Waals surface area contributed by atoms with Crippen LogP contribution in [0, 0.1) is 34.5 Å². The van der Waals surface area contributed by atoms with E-state index in [2.05, 4.69) is 27.7 Å². The summed E-state index contributed by atoms with van der Waals surface area (Å²) >= 11 is 0. The van der Waals surface area contributed by atoms with E-state index in [4.69, 9.17) is 0 Å². The first-order valence-electron chi connectivity index (χ1n) is 8.56. The zero-order chi connectivity index (χ0) is 13.8. The Hall–Kier alpha value is -0.0400. The summed E-state index contributed by atoms with van der Waals surface area (Å²) in [5, 5.41) is 10.2. The van der Waals surface area contributed by atoms with Gasteiger partial charge < -0.3 is 5.11 Å². The van der Waals surface area contributed by atoms with Gasteiger partial charge in [-0.3, -0.25) is 0 Å². The van der Waals surface area contributed by atoms with Crippen LogP contribution in [0.5, 0.6) is 0 Å². The fraction of sp³-hybridized carbons (Fsp3) is 1.00. The van der Waals surface area contributed by atoms with Gasteiger partial charge in [-0.25, -0.2) is 0 Å². The van der Waals surface area contributed by atoms with E-state index in [0.29, 0.717) is 10.8 Å². The third-order valence-corrected chi connectivity index (χ3v) is 7.82. The zero-order valence-electron chi connectivity index (χ0n) is 13.3. The van der Waals surface area contributed by atoms with Gasteiger partial charge in [0, 0.05) is 0 Å². The lowest BCUT2D eigenvalue weighted by molar-refractivity contribution is -0.00189. The Morgan fingerprint density at radius 3 is 2.32 bits per heavy atom. The van der Waals surface area contributed by atoms with Crippen molar-refractivity contribution in [3.63, 3.8) is 0 Å². The fourth-order valence-electron chi connectivity index (χ4n) is 6.09. The summed E-state index contributed by atoms with van der Waals surface area (Å²) in [5.74, 6) is 3.40. The largest absolute Gasteiger partial charge is 0.393 e. The van der Waals surface area contributed by atoms with E-state index >= 15 is 0 Å². The quantitative estimate of drug-likeness (QED) is 0.770. The van der Waals surface area contributed by atoms with Crippen LogP contribution < -0.4 is 0 Å². The molecule has 19 heavy (non-hydrogen) atoms. The molecule has 3 fully saturated rings. The van der Waals surface area contributed by atoms with Crippen molar-refractivity contribution in [1.29, 1.82) is 0 Å². The molecule has 0 radical (unpaired) electrons. The molecule has 110 valence electrons. The summed E-state index contributed by atoms with van der Waals surface area (Å²) in [7, 11) is 0. The van der Waals surface area contributed by atoms with Gasteiger partial charge >= 0.3 is 0 Å². The van der Waals surface area contributed by atoms with Crippen LogP contribution in [-0.4, -0.2) is 11.2 Å². The maximum Gasteiger partial charge on any atom is 0.0545 e. The Kier molecular flexibility index (Phi) is 3.28. The standard InChI is InChI=1S/C18H32O/c1-5-12-8-13(10-15(19)9-12)16-11-14-6-7-18(16,4)17(14,2)3/h12-16,19H,5-11H2,1-4H3/t12?,13?,14-,15?,16+,18+/m1/s1. The van der Waals surface area contributed by atoms with E-state index in [9.17, 15) is 5.11 Å². The van der Waals surface area contributed by atoms with Crippen LogP contribution >= 0.6 is 0 Å². The highest BCUT2D eigenvalue weighted by molar-refractivity contribution is 5.11. The highest BCUT2D eigenvalue weighted by Gasteiger charge is 2.62. The molecule has 0 aromatic rings. The molecule has 2 bridgehead atoms. The minimum absolute atomic E-state index is 0.0189. The first-order valence-corrected chi connectivity index (χ1v) is 8.56. The summed E-state index contributed by atoms with van der Waals surface area (Å²) < 4.78 is 0. The van der Waals surface area contributed by atoms with Crippen molar-refractivity contribution >= 4 is 0 Å². The number of rotatable bonds is 2. The zero-order valence-corrected chi connectivity index (χ0v) is 13.3. The van der Waals surface area contributed by atoms with E-state index < -0.39 is 0 Å². The van der Waals surface area contributed by atoms with Crippen molar-refractivity contribution < 1.29 is 5.11 Å². The predicted octanol–water partition coefficient (Wildman–Crippen LogP) is 4.64. The van der Waals surface area contributed by atoms with Gasteiger partial charge in [-0.15, -0.1) is 0 Å². The van der Waals surface area contributed by atoms with Gasteiger partial charge in [0.1, 0.15) is 0 Å². The highest BCUT2D eigenvalue weighted by atomic mass is 16.3. The second-order valence-electron chi connectivity index (χ2n) is 8.61. The van der Waals surface area contributed by atoms with Gasteiger partial charge in [0.2, 0.25) is 0 Å². The lowest BCUT2D eigenvalue weighted by atomic mass is 9.60. The molecule has 3 aliphatic carbocycles. The Morgan fingerprint density at radius 2 is 1.79 bits per heavy atom. The minimum Gasteiger partial charge on any atom is -0.393 e. The van der Waals surface area contributed by atoms with Crippen LogP contribution in [0.1, 0.15) is 72.6 Å². The highest BCUT2D eigenvalue weighted by Crippen LogP contribution is 2.70. The predicted molar refractivity (Wildman–Crippen MR) is 79.8 cm³/mol. The van der Waals surface area contributed by atoms with Crippen molar-refractivity contribution in [2.75, 3.05) is 0 Å². The number of aliphatic hydroxyl groups excluding tert-OH is 1. The first kappa shape index (κ1) is 13.9. The van der Waals surface area contributed by atoms with E-state index in [-0.39, 0.29) is 6.10 Å². The number of fused-ring (bicyclic) bond motifs is 2. The number of hydrogen-bond donors (Lipinski definition) is 1. The van der Waals surface area contributed by atoms with Crippen molar-refractivity contribution in [1.82, 2.24) is 0 Å². The van der Waals surface area contributed by atoms with Crippen molar-refractivity contribution in [3.8, 4) is 0 Å². The van der Waals surface area contributed by atoms with E-state index in [1.807, 2.05) is 0 Å². The molecular formula is C18H32O. The summed E-state index contributed by atoms with van der Waals surface area (Å²) in [5.41, 5.74) is 1.07. The summed E-state index contributed by atoms with van der Waals surface area (Å²) in [6.07, 6.45) is 9.08. The lowest BCUT2D eigenvalue weighted by Crippen LogP contribution is -2.39. The van der Waals surface area contributed by atoms with Gasteiger partial charge in [0.15, 0.2) is 0 Å². The minimum atomic E-state index is -0.0189. The molecule has 0 aromatic heterocycles. The monoisotopic (exact) mass is 264 g/mol. The van der Waals surface area contributed by atoms with Crippen LogP contribution in [0.25, 0.3) is 0 Å². The first-order chi connectivity index (χ1) is 8.88. The summed E-state index contributed by atoms with van der Waals surface area (Å²) in [6.45, 7) is 9.89. The van der Waals surface area contributed by atoms with Crippen LogP contribution in [0.4, 0.5) is 0 Å². The second kappa shape index (κ2) is 4.48. The van der Waals surface area contributed by atoms with Gasteiger partial charge in [-0.1, -0.05) is 34.1 Å².